The first-order chi connectivity index (χ1) is 6.80. The van der Waals surface area contributed by atoms with Crippen molar-refractivity contribution in [3.05, 3.63) is 0 Å². The smallest absolute Gasteiger partial charge is 0.00913 e. The lowest BCUT2D eigenvalue weighted by Gasteiger charge is -2.57. The molecule has 4 aliphatic carbocycles. The summed E-state index contributed by atoms with van der Waals surface area (Å²) in [6.07, 6.45) is 17.0. The van der Waals surface area contributed by atoms with Crippen molar-refractivity contribution >= 4 is 0 Å². The molecular formula is C14H23N. The second kappa shape index (κ2) is 3.83. The highest BCUT2D eigenvalue weighted by Crippen LogP contribution is 2.61. The van der Waals surface area contributed by atoms with Gasteiger partial charge < -0.3 is 6.15 Å². The van der Waals surface area contributed by atoms with Crippen LogP contribution in [0.25, 0.3) is 0 Å². The Kier molecular flexibility index (Phi) is 2.81. The monoisotopic (exact) mass is 205 g/mol. The van der Waals surface area contributed by atoms with E-state index in [4.69, 9.17) is 6.42 Å². The Morgan fingerprint density at radius 1 is 1.00 bits per heavy atom. The lowest BCUT2D eigenvalue weighted by molar-refractivity contribution is -0.0563. The standard InChI is InChI=1S/C14H20.H3N/c1-2-3-4-14-8-11-5-12(9-14)7-13(6-11)10-14;/h1,11-13H,3-10H2;1H3. The van der Waals surface area contributed by atoms with Crippen molar-refractivity contribution in [3.8, 4) is 12.3 Å². The largest absolute Gasteiger partial charge is 0.344 e. The number of hydrogen-bond acceptors (Lipinski definition) is 1. The number of terminal acetylenes is 1. The maximum absolute atomic E-state index is 5.41. The summed E-state index contributed by atoms with van der Waals surface area (Å²) in [5.74, 6) is 6.09. The van der Waals surface area contributed by atoms with Gasteiger partial charge in [-0.3, -0.25) is 0 Å². The van der Waals surface area contributed by atoms with Crippen molar-refractivity contribution in [1.29, 1.82) is 0 Å². The average Bonchev–Trinajstić information content (AvgIpc) is 2.12. The van der Waals surface area contributed by atoms with E-state index >= 15 is 0 Å². The number of rotatable bonds is 2. The molecule has 0 heterocycles. The third-order valence-electron chi connectivity index (χ3n) is 4.96. The summed E-state index contributed by atoms with van der Waals surface area (Å²) in [5, 5.41) is 0. The van der Waals surface area contributed by atoms with Gasteiger partial charge in [-0.2, -0.15) is 0 Å². The van der Waals surface area contributed by atoms with Gasteiger partial charge in [-0.15, -0.1) is 12.3 Å². The van der Waals surface area contributed by atoms with Crippen molar-refractivity contribution in [3.63, 3.8) is 0 Å². The molecule has 4 rings (SSSR count). The molecule has 1 nitrogen and oxygen atoms in total. The Labute approximate surface area is 93.6 Å². The van der Waals surface area contributed by atoms with Gasteiger partial charge in [-0.05, 0) is 68.1 Å². The Balaban J connectivity index is 0.000000853. The maximum Gasteiger partial charge on any atom is 0.00913 e. The molecule has 0 atom stereocenters. The molecule has 3 N–H and O–H groups in total. The van der Waals surface area contributed by atoms with Gasteiger partial charge in [-0.25, -0.2) is 0 Å². The highest BCUT2D eigenvalue weighted by atomic mass is 14.5. The fourth-order valence-corrected chi connectivity index (χ4v) is 4.93. The molecule has 0 spiro atoms. The quantitative estimate of drug-likeness (QED) is 0.684. The summed E-state index contributed by atoms with van der Waals surface area (Å²) in [6, 6.07) is 0. The van der Waals surface area contributed by atoms with Gasteiger partial charge in [-0.1, -0.05) is 0 Å². The molecule has 0 aromatic heterocycles. The Morgan fingerprint density at radius 3 is 1.87 bits per heavy atom. The van der Waals surface area contributed by atoms with Crippen LogP contribution in [0, 0.1) is 35.5 Å². The Bertz CT molecular complexity index is 238. The molecule has 0 saturated heterocycles. The van der Waals surface area contributed by atoms with Crippen molar-refractivity contribution in [2.24, 2.45) is 23.2 Å². The third-order valence-corrected chi connectivity index (χ3v) is 4.96. The van der Waals surface area contributed by atoms with E-state index in [1.807, 2.05) is 0 Å². The van der Waals surface area contributed by atoms with Gasteiger partial charge in [0.05, 0.1) is 0 Å². The van der Waals surface area contributed by atoms with Crippen LogP contribution in [-0.4, -0.2) is 0 Å². The average molecular weight is 205 g/mol. The van der Waals surface area contributed by atoms with E-state index in [1.54, 1.807) is 19.3 Å². The second-order valence-corrected chi connectivity index (χ2v) is 6.12. The molecule has 0 radical (unpaired) electrons. The molecule has 0 aromatic carbocycles. The fraction of sp³-hybridized carbons (Fsp3) is 0.857. The summed E-state index contributed by atoms with van der Waals surface area (Å²) < 4.78 is 0. The van der Waals surface area contributed by atoms with E-state index in [9.17, 15) is 0 Å². The first-order valence-corrected chi connectivity index (χ1v) is 6.23. The van der Waals surface area contributed by atoms with Crippen LogP contribution < -0.4 is 6.15 Å². The maximum atomic E-state index is 5.41. The SMILES string of the molecule is C#CCCC12CC3CC(CC(C3)C1)C2.N. The molecule has 4 bridgehead atoms. The van der Waals surface area contributed by atoms with Gasteiger partial charge in [0, 0.05) is 6.42 Å². The van der Waals surface area contributed by atoms with Crippen molar-refractivity contribution in [2.45, 2.75) is 51.4 Å². The normalized spacial score (nSPS) is 45.9. The lowest BCUT2D eigenvalue weighted by atomic mass is 9.48. The number of hydrogen-bond donors (Lipinski definition) is 1. The highest BCUT2D eigenvalue weighted by molar-refractivity contribution is 5.02. The van der Waals surface area contributed by atoms with E-state index in [0.29, 0.717) is 5.41 Å². The minimum atomic E-state index is 0. The predicted molar refractivity (Wildman–Crippen MR) is 63.7 cm³/mol. The molecule has 4 aliphatic rings. The lowest BCUT2D eigenvalue weighted by Crippen LogP contribution is -2.45. The fourth-order valence-electron chi connectivity index (χ4n) is 4.93. The van der Waals surface area contributed by atoms with Gasteiger partial charge in [0.15, 0.2) is 0 Å². The van der Waals surface area contributed by atoms with Crippen LogP contribution in [0.3, 0.4) is 0 Å². The molecule has 0 aliphatic heterocycles. The molecule has 4 fully saturated rings. The van der Waals surface area contributed by atoms with Gasteiger partial charge in [0.2, 0.25) is 0 Å². The highest BCUT2D eigenvalue weighted by Gasteiger charge is 2.50. The van der Waals surface area contributed by atoms with Crippen LogP contribution in [-0.2, 0) is 0 Å². The van der Waals surface area contributed by atoms with Crippen LogP contribution in [0.15, 0.2) is 0 Å². The minimum Gasteiger partial charge on any atom is -0.344 e. The van der Waals surface area contributed by atoms with Gasteiger partial charge >= 0.3 is 0 Å². The zero-order valence-electron chi connectivity index (χ0n) is 9.67. The van der Waals surface area contributed by atoms with Crippen LogP contribution in [0.2, 0.25) is 0 Å². The zero-order valence-corrected chi connectivity index (χ0v) is 9.67. The summed E-state index contributed by atoms with van der Waals surface area (Å²) >= 11 is 0. The zero-order chi connectivity index (χ0) is 9.60. The molecule has 0 amide bonds. The summed E-state index contributed by atoms with van der Waals surface area (Å²) in [4.78, 5) is 0. The minimum absolute atomic E-state index is 0. The first kappa shape index (κ1) is 11.0. The summed E-state index contributed by atoms with van der Waals surface area (Å²) in [6.45, 7) is 0. The summed E-state index contributed by atoms with van der Waals surface area (Å²) in [7, 11) is 0. The van der Waals surface area contributed by atoms with Gasteiger partial charge in [0.1, 0.15) is 0 Å². The molecule has 0 aromatic rings. The molecule has 15 heavy (non-hydrogen) atoms. The predicted octanol–water partition coefficient (Wildman–Crippen LogP) is 3.78. The molecular weight excluding hydrogens is 182 g/mol. The Morgan fingerprint density at radius 2 is 1.47 bits per heavy atom. The second-order valence-electron chi connectivity index (χ2n) is 6.12. The topological polar surface area (TPSA) is 35.0 Å². The first-order valence-electron chi connectivity index (χ1n) is 6.23. The van der Waals surface area contributed by atoms with Crippen molar-refractivity contribution < 1.29 is 0 Å². The Hall–Kier alpha value is -0.480. The van der Waals surface area contributed by atoms with Crippen LogP contribution in [0.5, 0.6) is 0 Å². The van der Waals surface area contributed by atoms with E-state index in [0.717, 1.165) is 24.2 Å². The van der Waals surface area contributed by atoms with Crippen LogP contribution in [0.4, 0.5) is 0 Å². The van der Waals surface area contributed by atoms with Crippen LogP contribution >= 0.6 is 0 Å². The van der Waals surface area contributed by atoms with Gasteiger partial charge in [0.25, 0.3) is 0 Å². The summed E-state index contributed by atoms with van der Waals surface area (Å²) in [5.41, 5.74) is 0.709. The molecule has 4 saturated carbocycles. The van der Waals surface area contributed by atoms with E-state index < -0.39 is 0 Å². The third kappa shape index (κ3) is 1.81. The molecule has 1 heteroatoms. The van der Waals surface area contributed by atoms with Crippen molar-refractivity contribution in [1.82, 2.24) is 6.15 Å². The van der Waals surface area contributed by atoms with E-state index in [1.165, 1.54) is 25.7 Å². The van der Waals surface area contributed by atoms with E-state index in [2.05, 4.69) is 5.92 Å². The van der Waals surface area contributed by atoms with Crippen molar-refractivity contribution in [2.75, 3.05) is 0 Å². The molecule has 0 unspecified atom stereocenters. The molecule has 84 valence electrons. The van der Waals surface area contributed by atoms with Crippen LogP contribution in [0.1, 0.15) is 51.4 Å². The van der Waals surface area contributed by atoms with E-state index in [-0.39, 0.29) is 6.15 Å².